The van der Waals surface area contributed by atoms with Crippen LogP contribution >= 0.6 is 11.3 Å². The third-order valence-electron chi connectivity index (χ3n) is 3.96. The number of rotatable bonds is 3. The lowest BCUT2D eigenvalue weighted by Crippen LogP contribution is -2.14. The molecule has 2 aromatic heterocycles. The molecular formula is C18H15N3O3S. The number of primary amides is 1. The van der Waals surface area contributed by atoms with Crippen molar-refractivity contribution in [2.75, 3.05) is 18.9 Å². The van der Waals surface area contributed by atoms with Crippen molar-refractivity contribution in [1.82, 2.24) is 4.98 Å². The third kappa shape index (κ3) is 2.78. The number of carbonyl (C=O) groups excluding carboxylic acids is 1. The van der Waals surface area contributed by atoms with Crippen LogP contribution < -0.4 is 20.9 Å². The standard InChI is InChI=1S/C18H15N3O3S/c19-17-13(10-1-3-11(4-2-10)18(20)22)7-12(8-21-17)16-15-14(9-25-16)23-5-6-24-15/h1-4,7-9H,5-6H2,(H2,19,21)(H2,20,22). The van der Waals surface area contributed by atoms with Crippen LogP contribution in [0.15, 0.2) is 41.9 Å². The van der Waals surface area contributed by atoms with E-state index in [2.05, 4.69) is 4.98 Å². The van der Waals surface area contributed by atoms with Crippen molar-refractivity contribution in [2.45, 2.75) is 0 Å². The van der Waals surface area contributed by atoms with Crippen LogP contribution in [0.2, 0.25) is 0 Å². The minimum absolute atomic E-state index is 0.415. The number of thiophene rings is 1. The maximum Gasteiger partial charge on any atom is 0.248 e. The van der Waals surface area contributed by atoms with Gasteiger partial charge in [-0.05, 0) is 23.8 Å². The molecule has 0 unspecified atom stereocenters. The summed E-state index contributed by atoms with van der Waals surface area (Å²) >= 11 is 1.54. The Labute approximate surface area is 148 Å². The lowest BCUT2D eigenvalue weighted by atomic mass is 10.0. The Morgan fingerprint density at radius 2 is 1.88 bits per heavy atom. The van der Waals surface area contributed by atoms with Gasteiger partial charge in [-0.25, -0.2) is 4.98 Å². The highest BCUT2D eigenvalue weighted by Gasteiger charge is 2.20. The van der Waals surface area contributed by atoms with Gasteiger partial charge in [-0.3, -0.25) is 4.79 Å². The minimum atomic E-state index is -0.464. The van der Waals surface area contributed by atoms with Gasteiger partial charge in [-0.2, -0.15) is 0 Å². The molecule has 0 radical (unpaired) electrons. The summed E-state index contributed by atoms with van der Waals surface area (Å²) in [5.41, 5.74) is 14.3. The number of hydrogen-bond donors (Lipinski definition) is 2. The summed E-state index contributed by atoms with van der Waals surface area (Å²) in [7, 11) is 0. The van der Waals surface area contributed by atoms with Crippen molar-refractivity contribution in [3.05, 3.63) is 47.5 Å². The van der Waals surface area contributed by atoms with E-state index in [1.165, 1.54) is 0 Å². The normalized spacial score (nSPS) is 12.8. The number of nitrogens with zero attached hydrogens (tertiary/aromatic N) is 1. The zero-order valence-corrected chi connectivity index (χ0v) is 14.0. The fourth-order valence-corrected chi connectivity index (χ4v) is 3.62. The summed E-state index contributed by atoms with van der Waals surface area (Å²) in [5, 5.41) is 1.93. The molecule has 4 rings (SSSR count). The Hall–Kier alpha value is -3.06. The van der Waals surface area contributed by atoms with Crippen molar-refractivity contribution in [1.29, 1.82) is 0 Å². The minimum Gasteiger partial charge on any atom is -0.485 e. The van der Waals surface area contributed by atoms with Gasteiger partial charge in [0.05, 0.1) is 4.88 Å². The largest absolute Gasteiger partial charge is 0.485 e. The Bertz CT molecular complexity index is 951. The number of pyridine rings is 1. The topological polar surface area (TPSA) is 100 Å². The molecule has 0 saturated carbocycles. The molecule has 0 saturated heterocycles. The molecule has 3 heterocycles. The van der Waals surface area contributed by atoms with E-state index in [9.17, 15) is 4.79 Å². The fourth-order valence-electron chi connectivity index (χ4n) is 2.71. The van der Waals surface area contributed by atoms with Crippen LogP contribution in [0.25, 0.3) is 21.6 Å². The number of nitrogens with two attached hydrogens (primary N) is 2. The van der Waals surface area contributed by atoms with E-state index in [0.29, 0.717) is 24.6 Å². The molecule has 25 heavy (non-hydrogen) atoms. The van der Waals surface area contributed by atoms with Gasteiger partial charge >= 0.3 is 0 Å². The van der Waals surface area contributed by atoms with Gasteiger partial charge in [0.1, 0.15) is 19.0 Å². The second-order valence-corrected chi connectivity index (χ2v) is 6.43. The zero-order valence-electron chi connectivity index (χ0n) is 13.2. The van der Waals surface area contributed by atoms with Crippen LogP contribution in [0.1, 0.15) is 10.4 Å². The molecule has 126 valence electrons. The van der Waals surface area contributed by atoms with Gasteiger partial charge in [0, 0.05) is 28.3 Å². The molecule has 0 aliphatic carbocycles. The number of fused-ring (bicyclic) bond motifs is 1. The van der Waals surface area contributed by atoms with Gasteiger partial charge < -0.3 is 20.9 Å². The van der Waals surface area contributed by atoms with Gasteiger partial charge in [0.15, 0.2) is 11.5 Å². The fraction of sp³-hybridized carbons (Fsp3) is 0.111. The van der Waals surface area contributed by atoms with E-state index in [0.717, 1.165) is 33.1 Å². The number of aromatic nitrogens is 1. The van der Waals surface area contributed by atoms with E-state index >= 15 is 0 Å². The maximum absolute atomic E-state index is 11.2. The lowest BCUT2D eigenvalue weighted by molar-refractivity contribution is 0.100. The lowest BCUT2D eigenvalue weighted by Gasteiger charge is -2.16. The molecule has 4 N–H and O–H groups in total. The highest BCUT2D eigenvalue weighted by atomic mass is 32.1. The van der Waals surface area contributed by atoms with E-state index in [1.807, 2.05) is 11.4 Å². The van der Waals surface area contributed by atoms with Gasteiger partial charge in [0.25, 0.3) is 0 Å². The smallest absolute Gasteiger partial charge is 0.248 e. The van der Waals surface area contributed by atoms with Crippen molar-refractivity contribution >= 4 is 23.1 Å². The monoisotopic (exact) mass is 353 g/mol. The molecule has 3 aromatic rings. The number of hydrogen-bond acceptors (Lipinski definition) is 6. The Morgan fingerprint density at radius 1 is 1.12 bits per heavy atom. The second-order valence-electron chi connectivity index (χ2n) is 5.55. The first-order valence-corrected chi connectivity index (χ1v) is 8.54. The first-order chi connectivity index (χ1) is 12.1. The average Bonchev–Trinajstić information content (AvgIpc) is 3.06. The van der Waals surface area contributed by atoms with Crippen molar-refractivity contribution < 1.29 is 14.3 Å². The molecular weight excluding hydrogens is 338 g/mol. The summed E-state index contributed by atoms with van der Waals surface area (Å²) in [6.07, 6.45) is 1.72. The molecule has 6 nitrogen and oxygen atoms in total. The first-order valence-electron chi connectivity index (χ1n) is 7.66. The summed E-state index contributed by atoms with van der Waals surface area (Å²) in [5.74, 6) is 1.46. The molecule has 0 spiro atoms. The van der Waals surface area contributed by atoms with E-state index < -0.39 is 5.91 Å². The Balaban J connectivity index is 1.76. The average molecular weight is 353 g/mol. The SMILES string of the molecule is NC(=O)c1ccc(-c2cc(-c3scc4c3OCCO4)cnc2N)cc1. The molecule has 0 atom stereocenters. The van der Waals surface area contributed by atoms with Crippen molar-refractivity contribution in [3.8, 4) is 33.1 Å². The Morgan fingerprint density at radius 3 is 2.64 bits per heavy atom. The van der Waals surface area contributed by atoms with Crippen LogP contribution in [0.5, 0.6) is 11.5 Å². The summed E-state index contributed by atoms with van der Waals surface area (Å²) in [4.78, 5) is 16.5. The predicted octanol–water partition coefficient (Wildman–Crippen LogP) is 2.93. The highest BCUT2D eigenvalue weighted by Crippen LogP contribution is 2.46. The van der Waals surface area contributed by atoms with Crippen LogP contribution in [0.4, 0.5) is 5.82 Å². The van der Waals surface area contributed by atoms with Crippen molar-refractivity contribution in [2.24, 2.45) is 5.73 Å². The molecule has 1 aliphatic rings. The van der Waals surface area contributed by atoms with Gasteiger partial charge in [-0.1, -0.05) is 12.1 Å². The summed E-state index contributed by atoms with van der Waals surface area (Å²) in [6.45, 7) is 1.08. The molecule has 0 bridgehead atoms. The van der Waals surface area contributed by atoms with Crippen molar-refractivity contribution in [3.63, 3.8) is 0 Å². The number of ether oxygens (including phenoxy) is 2. The van der Waals surface area contributed by atoms with Gasteiger partial charge in [-0.15, -0.1) is 11.3 Å². The molecule has 1 aromatic carbocycles. The summed E-state index contributed by atoms with van der Waals surface area (Å²) in [6, 6.07) is 8.93. The molecule has 1 aliphatic heterocycles. The number of carbonyl (C=O) groups is 1. The van der Waals surface area contributed by atoms with E-state index in [4.69, 9.17) is 20.9 Å². The first kappa shape index (κ1) is 15.5. The molecule has 7 heteroatoms. The quantitative estimate of drug-likeness (QED) is 0.754. The van der Waals surface area contributed by atoms with Gasteiger partial charge in [0.2, 0.25) is 5.91 Å². The number of nitrogen functional groups attached to an aromatic ring is 1. The highest BCUT2D eigenvalue weighted by molar-refractivity contribution is 7.14. The van der Waals surface area contributed by atoms with Crippen LogP contribution in [-0.4, -0.2) is 24.1 Å². The predicted molar refractivity (Wildman–Crippen MR) is 96.9 cm³/mol. The number of anilines is 1. The van der Waals surface area contributed by atoms with Crippen LogP contribution in [-0.2, 0) is 0 Å². The number of benzene rings is 1. The summed E-state index contributed by atoms with van der Waals surface area (Å²) < 4.78 is 11.3. The molecule has 0 fully saturated rings. The van der Waals surface area contributed by atoms with Crippen LogP contribution in [0.3, 0.4) is 0 Å². The maximum atomic E-state index is 11.2. The molecule has 1 amide bonds. The van der Waals surface area contributed by atoms with Crippen LogP contribution in [0, 0.1) is 0 Å². The zero-order chi connectivity index (χ0) is 17.4. The number of amides is 1. The third-order valence-corrected chi connectivity index (χ3v) is 4.95. The second kappa shape index (κ2) is 6.10. The Kier molecular flexibility index (Phi) is 3.77. The van der Waals surface area contributed by atoms with E-state index in [-0.39, 0.29) is 0 Å². The van der Waals surface area contributed by atoms with E-state index in [1.54, 1.807) is 41.8 Å².